The second-order valence-electron chi connectivity index (χ2n) is 20.6. The van der Waals surface area contributed by atoms with Gasteiger partial charge in [0.25, 0.3) is 0 Å². The predicted molar refractivity (Wildman–Crippen MR) is 305 cm³/mol. The molecule has 0 aliphatic heterocycles. The molecule has 12 N–H and O–H groups in total. The third-order valence-electron chi connectivity index (χ3n) is 16.1. The van der Waals surface area contributed by atoms with E-state index in [1.807, 2.05) is 97.1 Å². The zero-order chi connectivity index (χ0) is 55.4. The van der Waals surface area contributed by atoms with E-state index in [1.54, 1.807) is 72.8 Å². The molecule has 12 aromatic carbocycles. The molecule has 12 nitrogen and oxygen atoms in total. The number of rotatable bonds is 4. The minimum atomic E-state index is -1.41. The van der Waals surface area contributed by atoms with Crippen molar-refractivity contribution in [1.82, 2.24) is 0 Å². The van der Waals surface area contributed by atoms with Gasteiger partial charge in [-0.1, -0.05) is 170 Å². The van der Waals surface area contributed by atoms with Gasteiger partial charge in [-0.3, -0.25) is 0 Å². The summed E-state index contributed by atoms with van der Waals surface area (Å²) in [6.45, 7) is 0. The van der Waals surface area contributed by atoms with Gasteiger partial charge in [0.15, 0.2) is 46.0 Å². The van der Waals surface area contributed by atoms with Gasteiger partial charge in [0, 0.05) is 68.2 Å². The molecule has 0 aromatic heterocycles. The summed E-state index contributed by atoms with van der Waals surface area (Å²) in [4.78, 5) is 0. The number of hydrogen-bond donors (Lipinski definition) is 12. The van der Waals surface area contributed by atoms with Crippen molar-refractivity contribution >= 4 is 43.1 Å². The van der Waals surface area contributed by atoms with Crippen LogP contribution in [0.4, 0.5) is 0 Å². The quantitative estimate of drug-likeness (QED) is 0.0737. The van der Waals surface area contributed by atoms with Crippen LogP contribution in [-0.2, 0) is 0 Å². The van der Waals surface area contributed by atoms with Crippen LogP contribution in [0.2, 0.25) is 0 Å². The molecular formula is C68H48O12. The van der Waals surface area contributed by atoms with Crippen LogP contribution in [0.25, 0.3) is 43.1 Å². The topological polar surface area (TPSA) is 243 Å². The molecule has 1 aliphatic rings. The summed E-state index contributed by atoms with van der Waals surface area (Å²) in [7, 11) is 0. The van der Waals surface area contributed by atoms with E-state index in [9.17, 15) is 61.3 Å². The van der Waals surface area contributed by atoms with E-state index < -0.39 is 92.7 Å². The molecule has 0 amide bonds. The van der Waals surface area contributed by atoms with E-state index in [0.717, 1.165) is 21.5 Å². The average molecular weight is 1060 g/mol. The molecule has 0 heterocycles. The lowest BCUT2D eigenvalue weighted by Crippen LogP contribution is -2.13. The first-order chi connectivity index (χ1) is 38.7. The van der Waals surface area contributed by atoms with Crippen LogP contribution < -0.4 is 0 Å². The molecule has 80 heavy (non-hydrogen) atoms. The van der Waals surface area contributed by atoms with Crippen molar-refractivity contribution in [3.63, 3.8) is 0 Å². The zero-order valence-electron chi connectivity index (χ0n) is 42.2. The number of phenols is 12. The van der Waals surface area contributed by atoms with E-state index in [0.29, 0.717) is 43.8 Å². The third kappa shape index (κ3) is 7.59. The summed E-state index contributed by atoms with van der Waals surface area (Å²) in [5.41, 5.74) is 0.250. The average Bonchev–Trinajstić information content (AvgIpc) is 3.51. The summed E-state index contributed by atoms with van der Waals surface area (Å²) in [5, 5.41) is 154. The van der Waals surface area contributed by atoms with E-state index in [2.05, 4.69) is 0 Å². The molecule has 13 rings (SSSR count). The lowest BCUT2D eigenvalue weighted by molar-refractivity contribution is 0.353. The Bertz CT molecular complexity index is 3870. The third-order valence-corrected chi connectivity index (χ3v) is 16.1. The molecule has 12 heteroatoms. The highest BCUT2D eigenvalue weighted by Crippen LogP contribution is 2.60. The molecule has 12 aromatic rings. The van der Waals surface area contributed by atoms with Crippen LogP contribution >= 0.6 is 0 Å². The van der Waals surface area contributed by atoms with Gasteiger partial charge in [-0.15, -0.1) is 0 Å². The summed E-state index contributed by atoms with van der Waals surface area (Å²) in [6, 6.07) is 56.4. The molecule has 0 saturated heterocycles. The maximum atomic E-state index is 12.4. The molecule has 0 saturated carbocycles. The van der Waals surface area contributed by atoms with Crippen LogP contribution in [0.1, 0.15) is 90.4 Å². The molecule has 0 spiro atoms. The Morgan fingerprint density at radius 2 is 0.325 bits per heavy atom. The largest absolute Gasteiger partial charge is 0.504 e. The van der Waals surface area contributed by atoms with E-state index in [-0.39, 0.29) is 44.5 Å². The lowest BCUT2D eigenvalue weighted by atomic mass is 9.74. The van der Waals surface area contributed by atoms with Crippen LogP contribution in [-0.4, -0.2) is 61.3 Å². The summed E-state index contributed by atoms with van der Waals surface area (Å²) < 4.78 is 0. The van der Waals surface area contributed by atoms with Crippen molar-refractivity contribution in [1.29, 1.82) is 0 Å². The van der Waals surface area contributed by atoms with Crippen LogP contribution in [0.3, 0.4) is 0 Å². The Morgan fingerprint density at radius 3 is 0.500 bits per heavy atom. The number of hydrogen-bond acceptors (Lipinski definition) is 12. The maximum Gasteiger partial charge on any atom is 0.200 e. The highest BCUT2D eigenvalue weighted by molar-refractivity contribution is 5.88. The second-order valence-corrected chi connectivity index (χ2v) is 20.6. The molecule has 8 bridgehead atoms. The molecule has 0 atom stereocenters. The van der Waals surface area contributed by atoms with E-state index in [1.165, 1.54) is 24.3 Å². The predicted octanol–water partition coefficient (Wildman–Crippen LogP) is 13.8. The number of fused-ring (bicyclic) bond motifs is 12. The van der Waals surface area contributed by atoms with Crippen molar-refractivity contribution in [2.75, 3.05) is 0 Å². The summed E-state index contributed by atoms with van der Waals surface area (Å²) >= 11 is 0. The van der Waals surface area contributed by atoms with E-state index in [4.69, 9.17) is 0 Å². The molecule has 0 radical (unpaired) electrons. The van der Waals surface area contributed by atoms with Crippen molar-refractivity contribution in [2.24, 2.45) is 0 Å². The highest BCUT2D eigenvalue weighted by atomic mass is 16.3. The minimum absolute atomic E-state index is 0.152. The smallest absolute Gasteiger partial charge is 0.200 e. The standard InChI is InChI=1S/C68H48O12/c69-57-45-29-47(59(71)65(57)77)54(42-22-18-34-10-2-6-14-38(34)26-42)49-31-51(63(75)67(79)61(49)73)56(44-24-20-36-12-4-8-16-40(36)28-44)52-32-50(62(74)68(80)64(52)76)55(43-23-19-35-11-3-7-15-39(35)27-43)48-30-46(58(70)66(78)60(48)72)53(45)41-21-17-33-9-1-5-13-37(33)25-41/h1-32,53-56,69-80H. The fourth-order valence-electron chi connectivity index (χ4n) is 12.2. The number of aromatic hydroxyl groups is 12. The Hall–Kier alpha value is -10.7. The van der Waals surface area contributed by atoms with Crippen molar-refractivity contribution in [3.8, 4) is 69.0 Å². The van der Waals surface area contributed by atoms with Gasteiger partial charge < -0.3 is 61.3 Å². The lowest BCUT2D eigenvalue weighted by Gasteiger charge is -2.30. The molecule has 1 aliphatic carbocycles. The van der Waals surface area contributed by atoms with Gasteiger partial charge in [0.2, 0.25) is 23.0 Å². The number of benzene rings is 12. The van der Waals surface area contributed by atoms with Crippen LogP contribution in [0.15, 0.2) is 194 Å². The van der Waals surface area contributed by atoms with Gasteiger partial charge >= 0.3 is 0 Å². The molecule has 0 unspecified atom stereocenters. The van der Waals surface area contributed by atoms with Crippen molar-refractivity contribution < 1.29 is 61.3 Å². The van der Waals surface area contributed by atoms with Gasteiger partial charge in [-0.05, 0) is 89.6 Å². The van der Waals surface area contributed by atoms with E-state index >= 15 is 0 Å². The Kier molecular flexibility index (Phi) is 11.3. The van der Waals surface area contributed by atoms with Gasteiger partial charge in [0.05, 0.1) is 0 Å². The monoisotopic (exact) mass is 1060 g/mol. The first kappa shape index (κ1) is 48.9. The second kappa shape index (κ2) is 18.5. The van der Waals surface area contributed by atoms with Gasteiger partial charge in [-0.2, -0.15) is 0 Å². The Morgan fingerprint density at radius 1 is 0.163 bits per heavy atom. The molecule has 0 fully saturated rings. The van der Waals surface area contributed by atoms with Gasteiger partial charge in [-0.25, -0.2) is 0 Å². The first-order valence-corrected chi connectivity index (χ1v) is 25.7. The maximum absolute atomic E-state index is 12.4. The van der Waals surface area contributed by atoms with Crippen molar-refractivity contribution in [2.45, 2.75) is 23.7 Å². The SMILES string of the molecule is Oc1c2cc(c(O)c1O)C(c1ccc3ccccc3c1)c1cc(c(O)c(O)c1O)C(c1ccc3ccccc3c1)c1cc(c(O)c(O)c1O)C(c1ccc3ccccc3c1)c1cc(c(O)c(O)c1O)C2c1ccc2ccccc2c1. The Balaban J connectivity index is 1.24. The highest BCUT2D eigenvalue weighted by Gasteiger charge is 2.39. The van der Waals surface area contributed by atoms with Crippen LogP contribution in [0, 0.1) is 0 Å². The zero-order valence-corrected chi connectivity index (χ0v) is 42.2. The summed E-state index contributed by atoms with van der Waals surface area (Å²) in [6.07, 6.45) is 0. The fourth-order valence-corrected chi connectivity index (χ4v) is 12.2. The van der Waals surface area contributed by atoms with Crippen LogP contribution in [0.5, 0.6) is 69.0 Å². The molecule has 392 valence electrons. The number of phenolic OH excluding ortho intramolecular Hbond substituents is 12. The first-order valence-electron chi connectivity index (χ1n) is 25.7. The molecular weight excluding hydrogens is 1010 g/mol. The normalized spacial score (nSPS) is 16.1. The summed E-state index contributed by atoms with van der Waals surface area (Å²) in [5.74, 6) is -16.4. The Labute approximate surface area is 456 Å². The minimum Gasteiger partial charge on any atom is -0.504 e. The van der Waals surface area contributed by atoms with Crippen molar-refractivity contribution in [3.05, 3.63) is 261 Å². The fraction of sp³-hybridized carbons (Fsp3) is 0.0588. The van der Waals surface area contributed by atoms with Gasteiger partial charge in [0.1, 0.15) is 0 Å².